The Bertz CT molecular complexity index is 354. The maximum Gasteiger partial charge on any atom is 0.320 e. The van der Waals surface area contributed by atoms with E-state index >= 15 is 0 Å². The first-order valence-corrected chi connectivity index (χ1v) is 6.69. The summed E-state index contributed by atoms with van der Waals surface area (Å²) < 4.78 is 1.74. The van der Waals surface area contributed by atoms with Crippen LogP contribution in [0, 0.1) is 0 Å². The molecule has 0 amide bonds. The molecule has 0 saturated heterocycles. The molecule has 0 radical (unpaired) electrons. The Morgan fingerprint density at radius 3 is 3.00 bits per heavy atom. The molecule has 0 aromatic carbocycles. The van der Waals surface area contributed by atoms with Gasteiger partial charge in [-0.15, -0.1) is 11.8 Å². The van der Waals surface area contributed by atoms with E-state index in [2.05, 4.69) is 10.4 Å². The molecular formula is C11H19N3O2S. The number of aryl methyl sites for hydroxylation is 1. The van der Waals surface area contributed by atoms with Crippen molar-refractivity contribution >= 4 is 17.7 Å². The van der Waals surface area contributed by atoms with Gasteiger partial charge in [0, 0.05) is 23.9 Å². The van der Waals surface area contributed by atoms with Crippen LogP contribution in [0.5, 0.6) is 0 Å². The van der Waals surface area contributed by atoms with E-state index in [1.165, 1.54) is 0 Å². The highest BCUT2D eigenvalue weighted by atomic mass is 32.2. The third-order valence-corrected chi connectivity index (χ3v) is 3.28. The lowest BCUT2D eigenvalue weighted by Crippen LogP contribution is -2.37. The second-order valence-electron chi connectivity index (χ2n) is 3.83. The highest BCUT2D eigenvalue weighted by Gasteiger charge is 2.15. The molecule has 0 aliphatic heterocycles. The van der Waals surface area contributed by atoms with Crippen molar-refractivity contribution in [3.8, 4) is 0 Å². The third kappa shape index (κ3) is 5.23. The highest BCUT2D eigenvalue weighted by Crippen LogP contribution is 2.17. The van der Waals surface area contributed by atoms with Crippen LogP contribution in [-0.2, 0) is 11.8 Å². The highest BCUT2D eigenvalue weighted by molar-refractivity contribution is 7.99. The minimum atomic E-state index is -0.773. The van der Waals surface area contributed by atoms with E-state index in [0.717, 1.165) is 23.6 Å². The summed E-state index contributed by atoms with van der Waals surface area (Å²) in [7, 11) is 1.87. The smallest absolute Gasteiger partial charge is 0.320 e. The zero-order chi connectivity index (χ0) is 12.7. The van der Waals surface area contributed by atoms with Crippen LogP contribution in [0.4, 0.5) is 0 Å². The number of carboxylic acid groups (broad SMARTS) is 1. The van der Waals surface area contributed by atoms with E-state index in [0.29, 0.717) is 6.42 Å². The number of carbonyl (C=O) groups is 1. The van der Waals surface area contributed by atoms with Crippen LogP contribution in [-0.4, -0.2) is 39.2 Å². The minimum Gasteiger partial charge on any atom is -0.480 e. The Hall–Kier alpha value is -1.01. The molecule has 0 aliphatic rings. The van der Waals surface area contributed by atoms with Crippen molar-refractivity contribution in [2.24, 2.45) is 7.05 Å². The third-order valence-electron chi connectivity index (χ3n) is 2.30. The number of hydrogen-bond donors (Lipinski definition) is 2. The van der Waals surface area contributed by atoms with E-state index < -0.39 is 12.0 Å². The molecule has 1 aromatic rings. The number of hydrogen-bond acceptors (Lipinski definition) is 4. The zero-order valence-electron chi connectivity index (χ0n) is 10.2. The van der Waals surface area contributed by atoms with Gasteiger partial charge < -0.3 is 10.4 Å². The van der Waals surface area contributed by atoms with Crippen molar-refractivity contribution in [1.29, 1.82) is 0 Å². The summed E-state index contributed by atoms with van der Waals surface area (Å²) in [5, 5.41) is 16.1. The van der Waals surface area contributed by atoms with Gasteiger partial charge in [0.2, 0.25) is 0 Å². The molecule has 0 fully saturated rings. The quantitative estimate of drug-likeness (QED) is 0.688. The van der Waals surface area contributed by atoms with Gasteiger partial charge in [-0.2, -0.15) is 5.10 Å². The minimum absolute atomic E-state index is 0.445. The summed E-state index contributed by atoms with van der Waals surface area (Å²) in [4.78, 5) is 12.0. The molecule has 96 valence electrons. The average Bonchev–Trinajstić information content (AvgIpc) is 2.68. The molecule has 1 atom stereocenters. The van der Waals surface area contributed by atoms with E-state index in [4.69, 9.17) is 5.11 Å². The van der Waals surface area contributed by atoms with Gasteiger partial charge in [-0.3, -0.25) is 9.48 Å². The molecule has 1 heterocycles. The summed E-state index contributed by atoms with van der Waals surface area (Å²) in [5.74, 6) is 0.00423. The van der Waals surface area contributed by atoms with Crippen LogP contribution >= 0.6 is 11.8 Å². The SMILES string of the molecule is CCCNC(CCSc1cnn(C)c1)C(=O)O. The number of aromatic nitrogens is 2. The molecule has 2 N–H and O–H groups in total. The Morgan fingerprint density at radius 2 is 2.47 bits per heavy atom. The predicted octanol–water partition coefficient (Wildman–Crippen LogP) is 1.36. The number of nitrogens with zero attached hydrogens (tertiary/aromatic N) is 2. The maximum absolute atomic E-state index is 11.0. The first-order chi connectivity index (χ1) is 8.13. The first-order valence-electron chi connectivity index (χ1n) is 5.71. The fraction of sp³-hybridized carbons (Fsp3) is 0.636. The van der Waals surface area contributed by atoms with Gasteiger partial charge in [0.15, 0.2) is 0 Å². The number of aliphatic carboxylic acids is 1. The number of nitrogens with one attached hydrogen (secondary N) is 1. The Kier molecular flexibility index (Phi) is 6.07. The standard InChI is InChI=1S/C11H19N3O2S/c1-3-5-12-10(11(15)16)4-6-17-9-7-13-14(2)8-9/h7-8,10,12H,3-6H2,1-2H3,(H,15,16). The Morgan fingerprint density at radius 1 is 1.71 bits per heavy atom. The fourth-order valence-electron chi connectivity index (χ4n) is 1.40. The number of thioether (sulfide) groups is 1. The molecule has 0 saturated carbocycles. The second-order valence-corrected chi connectivity index (χ2v) is 5.00. The molecule has 0 aliphatic carbocycles. The molecule has 17 heavy (non-hydrogen) atoms. The summed E-state index contributed by atoms with van der Waals surface area (Å²) in [6, 6.07) is -0.445. The predicted molar refractivity (Wildman–Crippen MR) is 68.3 cm³/mol. The molecule has 1 unspecified atom stereocenters. The van der Waals surface area contributed by atoms with E-state index in [1.807, 2.05) is 20.2 Å². The van der Waals surface area contributed by atoms with Crippen molar-refractivity contribution in [2.45, 2.75) is 30.7 Å². The van der Waals surface area contributed by atoms with Crippen LogP contribution in [0.1, 0.15) is 19.8 Å². The maximum atomic E-state index is 11.0. The van der Waals surface area contributed by atoms with Crippen molar-refractivity contribution in [3.63, 3.8) is 0 Å². The van der Waals surface area contributed by atoms with Crippen molar-refractivity contribution in [2.75, 3.05) is 12.3 Å². The summed E-state index contributed by atoms with van der Waals surface area (Å²) in [6.45, 7) is 2.77. The molecule has 6 heteroatoms. The van der Waals surface area contributed by atoms with Gasteiger partial charge in [-0.1, -0.05) is 6.92 Å². The van der Waals surface area contributed by atoms with Crippen LogP contribution < -0.4 is 5.32 Å². The first kappa shape index (κ1) is 14.1. The summed E-state index contributed by atoms with van der Waals surface area (Å²) in [5.41, 5.74) is 0. The van der Waals surface area contributed by atoms with Crippen LogP contribution in [0.25, 0.3) is 0 Å². The average molecular weight is 257 g/mol. The molecule has 1 aromatic heterocycles. The second kappa shape index (κ2) is 7.34. The number of rotatable bonds is 8. The van der Waals surface area contributed by atoms with Crippen molar-refractivity contribution in [1.82, 2.24) is 15.1 Å². The fourth-order valence-corrected chi connectivity index (χ4v) is 2.34. The lowest BCUT2D eigenvalue weighted by Gasteiger charge is -2.12. The van der Waals surface area contributed by atoms with E-state index in [1.54, 1.807) is 22.6 Å². The molecule has 5 nitrogen and oxygen atoms in total. The monoisotopic (exact) mass is 257 g/mol. The van der Waals surface area contributed by atoms with Crippen LogP contribution in [0.15, 0.2) is 17.3 Å². The van der Waals surface area contributed by atoms with Gasteiger partial charge in [0.05, 0.1) is 6.20 Å². The topological polar surface area (TPSA) is 67.2 Å². The Labute approximate surface area is 106 Å². The molecule has 0 spiro atoms. The largest absolute Gasteiger partial charge is 0.480 e. The van der Waals surface area contributed by atoms with E-state index in [-0.39, 0.29) is 0 Å². The molecular weight excluding hydrogens is 238 g/mol. The van der Waals surface area contributed by atoms with Gasteiger partial charge in [0.25, 0.3) is 0 Å². The number of carboxylic acids is 1. The lowest BCUT2D eigenvalue weighted by molar-refractivity contribution is -0.139. The zero-order valence-corrected chi connectivity index (χ0v) is 11.0. The van der Waals surface area contributed by atoms with Crippen LogP contribution in [0.2, 0.25) is 0 Å². The van der Waals surface area contributed by atoms with Crippen LogP contribution in [0.3, 0.4) is 0 Å². The Balaban J connectivity index is 2.29. The van der Waals surface area contributed by atoms with Gasteiger partial charge in [-0.05, 0) is 19.4 Å². The summed E-state index contributed by atoms with van der Waals surface area (Å²) in [6.07, 6.45) is 5.29. The van der Waals surface area contributed by atoms with Gasteiger partial charge >= 0.3 is 5.97 Å². The van der Waals surface area contributed by atoms with Gasteiger partial charge in [-0.25, -0.2) is 0 Å². The molecule has 1 rings (SSSR count). The lowest BCUT2D eigenvalue weighted by atomic mass is 10.2. The van der Waals surface area contributed by atoms with Crippen molar-refractivity contribution < 1.29 is 9.90 Å². The van der Waals surface area contributed by atoms with Crippen molar-refractivity contribution in [3.05, 3.63) is 12.4 Å². The van der Waals surface area contributed by atoms with E-state index in [9.17, 15) is 4.79 Å². The molecule has 0 bridgehead atoms. The van der Waals surface area contributed by atoms with Gasteiger partial charge in [0.1, 0.15) is 6.04 Å². The summed E-state index contributed by atoms with van der Waals surface area (Å²) >= 11 is 1.63. The normalized spacial score (nSPS) is 12.6.